The Kier molecular flexibility index (Phi) is 6.74. The minimum atomic E-state index is -0.0850. The molecule has 0 fully saturated rings. The molecule has 4 rings (SSSR count). The molecule has 0 aliphatic heterocycles. The van der Waals surface area contributed by atoms with Crippen LogP contribution in [0.4, 0.5) is 0 Å². The largest absolute Gasteiger partial charge is 0.349 e. The van der Waals surface area contributed by atoms with E-state index in [0.29, 0.717) is 11.7 Å². The van der Waals surface area contributed by atoms with Crippen LogP contribution in [0.5, 0.6) is 0 Å². The lowest BCUT2D eigenvalue weighted by atomic mass is 10.0. The molecule has 1 unspecified atom stereocenters. The first-order chi connectivity index (χ1) is 15.2. The van der Waals surface area contributed by atoms with Crippen molar-refractivity contribution in [3.63, 3.8) is 0 Å². The molecule has 6 nitrogen and oxygen atoms in total. The summed E-state index contributed by atoms with van der Waals surface area (Å²) in [4.78, 5) is 12.5. The van der Waals surface area contributed by atoms with Crippen LogP contribution in [0.1, 0.15) is 24.1 Å². The second-order valence-corrected chi connectivity index (χ2v) is 8.11. The smallest absolute Gasteiger partial charge is 0.230 e. The Hall–Kier alpha value is -3.45. The minimum absolute atomic E-state index is 0.0566. The first-order valence-electron chi connectivity index (χ1n) is 10.1. The van der Waals surface area contributed by atoms with Crippen molar-refractivity contribution in [2.75, 3.05) is 5.75 Å². The van der Waals surface area contributed by atoms with Crippen molar-refractivity contribution in [3.05, 3.63) is 96.1 Å². The van der Waals surface area contributed by atoms with Crippen LogP contribution in [0, 0.1) is 0 Å². The molecule has 7 heteroatoms. The van der Waals surface area contributed by atoms with Crippen molar-refractivity contribution < 1.29 is 4.79 Å². The van der Waals surface area contributed by atoms with E-state index in [1.165, 1.54) is 17.3 Å². The summed E-state index contributed by atoms with van der Waals surface area (Å²) in [5.74, 6) is 0.195. The fourth-order valence-electron chi connectivity index (χ4n) is 3.25. The van der Waals surface area contributed by atoms with Gasteiger partial charge in [0.25, 0.3) is 0 Å². The Labute approximate surface area is 185 Å². The maximum atomic E-state index is 12.5. The first kappa shape index (κ1) is 20.8. The lowest BCUT2D eigenvalue weighted by Crippen LogP contribution is -2.28. The van der Waals surface area contributed by atoms with Crippen LogP contribution in [0.2, 0.25) is 0 Å². The lowest BCUT2D eigenvalue weighted by Gasteiger charge is -2.15. The number of nitrogens with zero attached hydrogens (tertiary/aromatic N) is 4. The molecule has 1 heterocycles. The Balaban J connectivity index is 1.31. The van der Waals surface area contributed by atoms with E-state index >= 15 is 0 Å². The summed E-state index contributed by atoms with van der Waals surface area (Å²) in [5.41, 5.74) is 4.50. The highest BCUT2D eigenvalue weighted by Gasteiger charge is 2.13. The van der Waals surface area contributed by atoms with Gasteiger partial charge in [-0.3, -0.25) is 4.79 Å². The second-order valence-electron chi connectivity index (χ2n) is 7.17. The SMILES string of the molecule is CC(NC(=O)CSc1nnnn1Cc1ccccc1)c1ccc(-c2ccccc2)cc1. The number of carbonyl (C=O) groups excluding carboxylic acids is 1. The molecule has 31 heavy (non-hydrogen) atoms. The van der Waals surface area contributed by atoms with E-state index in [9.17, 15) is 4.79 Å². The number of hydrogen-bond acceptors (Lipinski definition) is 5. The molecule has 0 bridgehead atoms. The predicted octanol–water partition coefficient (Wildman–Crippen LogP) is 4.36. The number of tetrazole rings is 1. The van der Waals surface area contributed by atoms with Gasteiger partial charge in [-0.15, -0.1) is 5.10 Å². The topological polar surface area (TPSA) is 72.7 Å². The van der Waals surface area contributed by atoms with Gasteiger partial charge in [0.05, 0.1) is 18.3 Å². The quantitative estimate of drug-likeness (QED) is 0.422. The number of nitrogens with one attached hydrogen (secondary N) is 1. The number of carbonyl (C=O) groups is 1. The normalized spacial score (nSPS) is 11.8. The molecule has 0 saturated carbocycles. The molecule has 1 atom stereocenters. The van der Waals surface area contributed by atoms with E-state index in [1.54, 1.807) is 4.68 Å². The maximum Gasteiger partial charge on any atom is 0.230 e. The fourth-order valence-corrected chi connectivity index (χ4v) is 3.93. The van der Waals surface area contributed by atoms with Gasteiger partial charge >= 0.3 is 0 Å². The first-order valence-corrected chi connectivity index (χ1v) is 11.1. The van der Waals surface area contributed by atoms with Crippen molar-refractivity contribution in [2.24, 2.45) is 0 Å². The molecule has 0 aliphatic carbocycles. The van der Waals surface area contributed by atoms with Gasteiger partial charge in [0, 0.05) is 0 Å². The van der Waals surface area contributed by atoms with Crippen LogP contribution in [0.25, 0.3) is 11.1 Å². The third-order valence-electron chi connectivity index (χ3n) is 4.90. The van der Waals surface area contributed by atoms with Crippen molar-refractivity contribution in [1.29, 1.82) is 0 Å². The van der Waals surface area contributed by atoms with Crippen LogP contribution in [-0.2, 0) is 11.3 Å². The molecule has 0 spiro atoms. The zero-order valence-electron chi connectivity index (χ0n) is 17.2. The van der Waals surface area contributed by atoms with Crippen LogP contribution >= 0.6 is 11.8 Å². The summed E-state index contributed by atoms with van der Waals surface area (Å²) < 4.78 is 1.71. The number of thioether (sulfide) groups is 1. The second kappa shape index (κ2) is 10.0. The molecular formula is C24H23N5OS. The van der Waals surface area contributed by atoms with Crippen LogP contribution in [-0.4, -0.2) is 31.9 Å². The Morgan fingerprint density at radius 1 is 0.935 bits per heavy atom. The number of aromatic nitrogens is 4. The van der Waals surface area contributed by atoms with Gasteiger partial charge in [0.2, 0.25) is 11.1 Å². The van der Waals surface area contributed by atoms with Crippen LogP contribution in [0.3, 0.4) is 0 Å². The fraction of sp³-hybridized carbons (Fsp3) is 0.167. The van der Waals surface area contributed by atoms with Crippen LogP contribution < -0.4 is 5.32 Å². The van der Waals surface area contributed by atoms with Gasteiger partial charge in [-0.25, -0.2) is 4.68 Å². The van der Waals surface area contributed by atoms with E-state index < -0.39 is 0 Å². The van der Waals surface area contributed by atoms with E-state index in [4.69, 9.17) is 0 Å². The van der Waals surface area contributed by atoms with Gasteiger partial charge in [-0.2, -0.15) is 0 Å². The Bertz CT molecular complexity index is 1110. The van der Waals surface area contributed by atoms with Crippen LogP contribution in [0.15, 0.2) is 90.1 Å². The standard InChI is InChI=1S/C24H23N5OS/c1-18(20-12-14-22(15-13-20)21-10-6-3-7-11-21)25-23(30)17-31-24-26-27-28-29(24)16-19-8-4-2-5-9-19/h2-15,18H,16-17H2,1H3,(H,25,30). The highest BCUT2D eigenvalue weighted by Crippen LogP contribution is 2.22. The summed E-state index contributed by atoms with van der Waals surface area (Å²) >= 11 is 1.33. The van der Waals surface area contributed by atoms with Gasteiger partial charge in [-0.1, -0.05) is 96.7 Å². The van der Waals surface area contributed by atoms with E-state index in [-0.39, 0.29) is 17.7 Å². The van der Waals surface area contributed by atoms with Gasteiger partial charge < -0.3 is 5.32 Å². The summed E-state index contributed by atoms with van der Waals surface area (Å²) in [5, 5.41) is 15.5. The summed E-state index contributed by atoms with van der Waals surface area (Å²) in [6.45, 7) is 2.56. The molecule has 156 valence electrons. The van der Waals surface area contributed by atoms with Gasteiger partial charge in [0.1, 0.15) is 0 Å². The summed E-state index contributed by atoms with van der Waals surface area (Å²) in [7, 11) is 0. The molecule has 1 aromatic heterocycles. The average molecular weight is 430 g/mol. The van der Waals surface area contributed by atoms with Crippen molar-refractivity contribution >= 4 is 17.7 Å². The molecule has 0 radical (unpaired) electrons. The molecule has 0 aliphatic rings. The molecule has 0 saturated heterocycles. The van der Waals surface area contributed by atoms with Crippen molar-refractivity contribution in [3.8, 4) is 11.1 Å². The zero-order valence-corrected chi connectivity index (χ0v) is 18.0. The van der Waals surface area contributed by atoms with E-state index in [1.807, 2.05) is 55.5 Å². The lowest BCUT2D eigenvalue weighted by molar-refractivity contribution is -0.119. The molecular weight excluding hydrogens is 406 g/mol. The number of benzene rings is 3. The number of rotatable bonds is 8. The highest BCUT2D eigenvalue weighted by atomic mass is 32.2. The van der Waals surface area contributed by atoms with E-state index in [2.05, 4.69) is 57.2 Å². The summed E-state index contributed by atoms with van der Waals surface area (Å²) in [6.07, 6.45) is 0. The molecule has 1 N–H and O–H groups in total. The number of hydrogen-bond donors (Lipinski definition) is 1. The van der Waals surface area contributed by atoms with E-state index in [0.717, 1.165) is 16.7 Å². The minimum Gasteiger partial charge on any atom is -0.349 e. The summed E-state index contributed by atoms with van der Waals surface area (Å²) in [6, 6.07) is 28.4. The number of amides is 1. The monoisotopic (exact) mass is 429 g/mol. The maximum absolute atomic E-state index is 12.5. The predicted molar refractivity (Wildman–Crippen MR) is 123 cm³/mol. The Morgan fingerprint density at radius 3 is 2.29 bits per heavy atom. The highest BCUT2D eigenvalue weighted by molar-refractivity contribution is 7.99. The zero-order chi connectivity index (χ0) is 21.5. The van der Waals surface area contributed by atoms with Gasteiger partial charge in [-0.05, 0) is 39.6 Å². The third-order valence-corrected chi connectivity index (χ3v) is 5.86. The molecule has 1 amide bonds. The Morgan fingerprint density at radius 2 is 1.58 bits per heavy atom. The molecule has 4 aromatic rings. The average Bonchev–Trinajstić information content (AvgIpc) is 3.26. The third kappa shape index (κ3) is 5.58. The van der Waals surface area contributed by atoms with Crippen molar-refractivity contribution in [1.82, 2.24) is 25.5 Å². The molecule has 3 aromatic carbocycles. The van der Waals surface area contributed by atoms with Crippen molar-refractivity contribution in [2.45, 2.75) is 24.7 Å². The van der Waals surface area contributed by atoms with Gasteiger partial charge in [0.15, 0.2) is 0 Å².